The average Bonchev–Trinajstić information content (AvgIpc) is 2.87. The van der Waals surface area contributed by atoms with E-state index in [0.717, 1.165) is 19.3 Å². The number of rotatable bonds is 5. The first kappa shape index (κ1) is 11.4. The molecule has 2 N–H and O–H groups in total. The molecule has 0 bridgehead atoms. The van der Waals surface area contributed by atoms with E-state index in [-0.39, 0.29) is 18.2 Å². The van der Waals surface area contributed by atoms with Crippen LogP contribution in [0.3, 0.4) is 0 Å². The molecule has 1 heterocycles. The highest BCUT2D eigenvalue weighted by molar-refractivity contribution is 5.82. The van der Waals surface area contributed by atoms with Gasteiger partial charge in [-0.1, -0.05) is 0 Å². The van der Waals surface area contributed by atoms with E-state index in [0.29, 0.717) is 19.3 Å². The van der Waals surface area contributed by atoms with Crippen molar-refractivity contribution in [3.05, 3.63) is 0 Å². The molecule has 2 fully saturated rings. The molecule has 90 valence electrons. The number of hydrogen-bond donors (Lipinski definition) is 2. The third kappa shape index (κ3) is 2.95. The van der Waals surface area contributed by atoms with Gasteiger partial charge in [0.25, 0.3) is 0 Å². The summed E-state index contributed by atoms with van der Waals surface area (Å²) in [6.07, 6.45) is 2.87. The number of hydrogen-bond acceptors (Lipinski definition) is 3. The van der Waals surface area contributed by atoms with Gasteiger partial charge < -0.3 is 15.2 Å². The number of aliphatic carboxylic acids is 1. The van der Waals surface area contributed by atoms with E-state index in [9.17, 15) is 9.59 Å². The Bertz CT molecular complexity index is 282. The zero-order chi connectivity index (χ0) is 11.5. The van der Waals surface area contributed by atoms with Gasteiger partial charge in [-0.25, -0.2) is 0 Å². The lowest BCUT2D eigenvalue weighted by Crippen LogP contribution is -2.33. The number of nitrogens with one attached hydrogen (secondary N) is 1. The van der Waals surface area contributed by atoms with Gasteiger partial charge in [0.1, 0.15) is 0 Å². The second kappa shape index (κ2) is 4.82. The molecule has 0 aromatic rings. The van der Waals surface area contributed by atoms with E-state index in [1.807, 2.05) is 0 Å². The van der Waals surface area contributed by atoms with Crippen LogP contribution in [0.1, 0.15) is 25.7 Å². The molecule has 1 aliphatic heterocycles. The van der Waals surface area contributed by atoms with Gasteiger partial charge >= 0.3 is 5.97 Å². The minimum Gasteiger partial charge on any atom is -0.481 e. The Balaban J connectivity index is 1.85. The maximum absolute atomic E-state index is 11.5. The fraction of sp³-hybridized carbons (Fsp3) is 0.818. The molecule has 2 atom stereocenters. The number of carboxylic acid groups (broad SMARTS) is 1. The van der Waals surface area contributed by atoms with Gasteiger partial charge in [0.2, 0.25) is 5.91 Å². The van der Waals surface area contributed by atoms with Crippen molar-refractivity contribution in [3.63, 3.8) is 0 Å². The van der Waals surface area contributed by atoms with Crippen LogP contribution in [0, 0.1) is 11.8 Å². The van der Waals surface area contributed by atoms with Crippen molar-refractivity contribution >= 4 is 11.9 Å². The number of carboxylic acids is 1. The van der Waals surface area contributed by atoms with Gasteiger partial charge in [-0.15, -0.1) is 0 Å². The molecule has 1 saturated heterocycles. The maximum atomic E-state index is 11.5. The Kier molecular flexibility index (Phi) is 3.43. The number of ether oxygens (including phenoxy) is 1. The summed E-state index contributed by atoms with van der Waals surface area (Å²) in [7, 11) is 0. The van der Waals surface area contributed by atoms with E-state index < -0.39 is 11.9 Å². The molecule has 5 heteroatoms. The Hall–Kier alpha value is -1.10. The molecule has 1 aliphatic carbocycles. The summed E-state index contributed by atoms with van der Waals surface area (Å²) in [6, 6.07) is 0.293. The molecule has 1 amide bonds. The zero-order valence-corrected chi connectivity index (χ0v) is 9.15. The highest BCUT2D eigenvalue weighted by Gasteiger charge is 2.34. The second-order valence-corrected chi connectivity index (χ2v) is 4.61. The molecule has 0 spiro atoms. The molecule has 16 heavy (non-hydrogen) atoms. The van der Waals surface area contributed by atoms with E-state index in [4.69, 9.17) is 9.84 Å². The molecule has 2 unspecified atom stereocenters. The number of carbonyl (C=O) groups excluding carboxylic acids is 1. The third-order valence-electron chi connectivity index (χ3n) is 3.20. The fourth-order valence-corrected chi connectivity index (χ4v) is 2.04. The Morgan fingerprint density at radius 3 is 2.62 bits per heavy atom. The van der Waals surface area contributed by atoms with Crippen LogP contribution in [0.4, 0.5) is 0 Å². The summed E-state index contributed by atoms with van der Waals surface area (Å²) in [5, 5.41) is 11.9. The van der Waals surface area contributed by atoms with Crippen molar-refractivity contribution in [1.29, 1.82) is 0 Å². The van der Waals surface area contributed by atoms with Crippen LogP contribution in [-0.4, -0.2) is 36.2 Å². The monoisotopic (exact) mass is 227 g/mol. The molecule has 1 saturated carbocycles. The first-order chi connectivity index (χ1) is 7.66. The summed E-state index contributed by atoms with van der Waals surface area (Å²) in [5.41, 5.74) is 0. The van der Waals surface area contributed by atoms with Crippen molar-refractivity contribution in [2.45, 2.75) is 31.7 Å². The molecule has 0 aromatic carbocycles. The molecule has 0 aromatic heterocycles. The van der Waals surface area contributed by atoms with Crippen LogP contribution in [0.15, 0.2) is 0 Å². The highest BCUT2D eigenvalue weighted by Crippen LogP contribution is 2.26. The third-order valence-corrected chi connectivity index (χ3v) is 3.20. The standard InChI is InChI=1S/C11H17NO4/c13-10(12-8-1-2-8)5-9(11(14)15)7-3-4-16-6-7/h7-9H,1-6H2,(H,12,13)(H,14,15). The molecular formula is C11H17NO4. The summed E-state index contributed by atoms with van der Waals surface area (Å²) in [5.74, 6) is -1.63. The lowest BCUT2D eigenvalue weighted by atomic mass is 9.88. The lowest BCUT2D eigenvalue weighted by molar-refractivity contribution is -0.146. The van der Waals surface area contributed by atoms with Crippen molar-refractivity contribution < 1.29 is 19.4 Å². The predicted octanol–water partition coefficient (Wildman–Crippen LogP) is 0.392. The number of carbonyl (C=O) groups is 2. The van der Waals surface area contributed by atoms with Crippen molar-refractivity contribution in [2.24, 2.45) is 11.8 Å². The molecule has 0 radical (unpaired) electrons. The largest absolute Gasteiger partial charge is 0.481 e. The SMILES string of the molecule is O=C(CC(C(=O)O)C1CCOC1)NC1CC1. The smallest absolute Gasteiger partial charge is 0.307 e. The molecular weight excluding hydrogens is 210 g/mol. The Morgan fingerprint density at radius 2 is 2.12 bits per heavy atom. The predicted molar refractivity (Wildman–Crippen MR) is 55.8 cm³/mol. The summed E-state index contributed by atoms with van der Waals surface area (Å²) in [6.45, 7) is 1.08. The summed E-state index contributed by atoms with van der Waals surface area (Å²) < 4.78 is 5.17. The van der Waals surface area contributed by atoms with E-state index >= 15 is 0 Å². The maximum Gasteiger partial charge on any atom is 0.307 e. The van der Waals surface area contributed by atoms with E-state index in [1.54, 1.807) is 0 Å². The second-order valence-electron chi connectivity index (χ2n) is 4.61. The van der Waals surface area contributed by atoms with Crippen molar-refractivity contribution in [3.8, 4) is 0 Å². The summed E-state index contributed by atoms with van der Waals surface area (Å²) >= 11 is 0. The molecule has 2 rings (SSSR count). The van der Waals surface area contributed by atoms with Gasteiger partial charge in [-0.3, -0.25) is 9.59 Å². The van der Waals surface area contributed by atoms with Crippen LogP contribution in [-0.2, 0) is 14.3 Å². The lowest BCUT2D eigenvalue weighted by Gasteiger charge is -2.17. The normalized spacial score (nSPS) is 26.4. The van der Waals surface area contributed by atoms with E-state index in [2.05, 4.69) is 5.32 Å². The Labute approximate surface area is 94.2 Å². The average molecular weight is 227 g/mol. The zero-order valence-electron chi connectivity index (χ0n) is 9.15. The van der Waals surface area contributed by atoms with Crippen molar-refractivity contribution in [2.75, 3.05) is 13.2 Å². The van der Waals surface area contributed by atoms with E-state index in [1.165, 1.54) is 0 Å². The fourth-order valence-electron chi connectivity index (χ4n) is 2.04. The minimum absolute atomic E-state index is 0.0116. The highest BCUT2D eigenvalue weighted by atomic mass is 16.5. The van der Waals surface area contributed by atoms with Gasteiger partial charge in [0.15, 0.2) is 0 Å². The van der Waals surface area contributed by atoms with Gasteiger partial charge in [-0.05, 0) is 25.2 Å². The van der Waals surface area contributed by atoms with Crippen LogP contribution in [0.5, 0.6) is 0 Å². The van der Waals surface area contributed by atoms with Gasteiger partial charge in [-0.2, -0.15) is 0 Å². The van der Waals surface area contributed by atoms with Crippen LogP contribution in [0.25, 0.3) is 0 Å². The molecule has 2 aliphatic rings. The van der Waals surface area contributed by atoms with Gasteiger partial charge in [0, 0.05) is 19.1 Å². The first-order valence-electron chi connectivity index (χ1n) is 5.76. The Morgan fingerprint density at radius 1 is 1.38 bits per heavy atom. The first-order valence-corrected chi connectivity index (χ1v) is 5.76. The molecule has 5 nitrogen and oxygen atoms in total. The van der Waals surface area contributed by atoms with Gasteiger partial charge in [0.05, 0.1) is 12.5 Å². The minimum atomic E-state index is -0.888. The van der Waals surface area contributed by atoms with Crippen LogP contribution >= 0.6 is 0 Å². The quantitative estimate of drug-likeness (QED) is 0.712. The number of amides is 1. The van der Waals surface area contributed by atoms with Crippen LogP contribution < -0.4 is 5.32 Å². The summed E-state index contributed by atoms with van der Waals surface area (Å²) in [4.78, 5) is 22.6. The topological polar surface area (TPSA) is 75.6 Å². The van der Waals surface area contributed by atoms with Crippen molar-refractivity contribution in [1.82, 2.24) is 5.32 Å². The van der Waals surface area contributed by atoms with Crippen LogP contribution in [0.2, 0.25) is 0 Å².